The van der Waals surface area contributed by atoms with Gasteiger partial charge in [-0.05, 0) is 25.1 Å². The first-order valence-electron chi connectivity index (χ1n) is 2.95. The van der Waals surface area contributed by atoms with Crippen LogP contribution in [-0.4, -0.2) is 22.7 Å². The number of fused-ring (bicyclic) bond motifs is 1. The number of rotatable bonds is 0. The minimum atomic E-state index is 0.613. The van der Waals surface area contributed by atoms with E-state index in [0.717, 1.165) is 5.11 Å². The van der Waals surface area contributed by atoms with Crippen LogP contribution < -0.4 is 5.32 Å². The third-order valence-corrected chi connectivity index (χ3v) is 2.16. The molecular formula is C5H8N2S. The topological polar surface area (TPSA) is 15.3 Å². The van der Waals surface area contributed by atoms with E-state index in [9.17, 15) is 0 Å². The van der Waals surface area contributed by atoms with Crippen molar-refractivity contribution in [2.45, 2.75) is 19.0 Å². The summed E-state index contributed by atoms with van der Waals surface area (Å²) in [6.45, 7) is 1.18. The molecule has 1 N–H and O–H groups in total. The highest BCUT2D eigenvalue weighted by Gasteiger charge is 2.35. The number of thiocarbonyl (C=S) groups is 1. The molecule has 44 valence electrons. The Kier molecular flexibility index (Phi) is 0.766. The van der Waals surface area contributed by atoms with Crippen LogP contribution in [0, 0.1) is 0 Å². The van der Waals surface area contributed by atoms with Gasteiger partial charge in [0.05, 0.1) is 0 Å². The molecule has 2 fully saturated rings. The lowest BCUT2D eigenvalue weighted by atomic mass is 10.3. The highest BCUT2D eigenvalue weighted by atomic mass is 32.1. The van der Waals surface area contributed by atoms with Gasteiger partial charge in [0.1, 0.15) is 6.17 Å². The first kappa shape index (κ1) is 4.56. The minimum Gasteiger partial charge on any atom is -0.342 e. The lowest BCUT2D eigenvalue weighted by Gasteiger charge is -2.38. The predicted molar refractivity (Wildman–Crippen MR) is 35.5 cm³/mol. The summed E-state index contributed by atoms with van der Waals surface area (Å²) in [5, 5.41) is 4.11. The minimum absolute atomic E-state index is 0.613. The second kappa shape index (κ2) is 1.35. The monoisotopic (exact) mass is 128 g/mol. The molecule has 0 bridgehead atoms. The second-order valence-electron chi connectivity index (χ2n) is 2.30. The van der Waals surface area contributed by atoms with E-state index in [-0.39, 0.29) is 0 Å². The Labute approximate surface area is 53.9 Å². The van der Waals surface area contributed by atoms with Crippen molar-refractivity contribution >= 4 is 17.3 Å². The van der Waals surface area contributed by atoms with Crippen LogP contribution in [0.1, 0.15) is 12.8 Å². The molecule has 0 aromatic carbocycles. The average Bonchev–Trinajstić information content (AvgIpc) is 2.09. The maximum Gasteiger partial charge on any atom is 0.172 e. The predicted octanol–water partition coefficient (Wildman–Crippen LogP) is 0.296. The van der Waals surface area contributed by atoms with Crippen LogP contribution in [0.5, 0.6) is 0 Å². The summed E-state index contributed by atoms with van der Waals surface area (Å²) in [4.78, 5) is 2.25. The molecule has 2 nitrogen and oxygen atoms in total. The van der Waals surface area contributed by atoms with Crippen LogP contribution in [0.25, 0.3) is 0 Å². The quantitative estimate of drug-likeness (QED) is 0.472. The van der Waals surface area contributed by atoms with Crippen molar-refractivity contribution in [2.24, 2.45) is 0 Å². The fourth-order valence-corrected chi connectivity index (χ4v) is 1.67. The maximum atomic E-state index is 4.94. The van der Waals surface area contributed by atoms with Crippen LogP contribution in [0.15, 0.2) is 0 Å². The molecular weight excluding hydrogens is 120 g/mol. The first-order chi connectivity index (χ1) is 3.88. The molecule has 2 heterocycles. The van der Waals surface area contributed by atoms with Crippen molar-refractivity contribution in [1.82, 2.24) is 10.2 Å². The number of nitrogens with zero attached hydrogens (tertiary/aromatic N) is 1. The van der Waals surface area contributed by atoms with E-state index in [1.54, 1.807) is 0 Å². The third-order valence-electron chi connectivity index (χ3n) is 1.80. The molecule has 0 aliphatic carbocycles. The fourth-order valence-electron chi connectivity index (χ4n) is 1.32. The molecule has 2 aliphatic heterocycles. The van der Waals surface area contributed by atoms with Crippen molar-refractivity contribution in [3.8, 4) is 0 Å². The molecule has 3 heteroatoms. The van der Waals surface area contributed by atoms with Crippen molar-refractivity contribution in [3.05, 3.63) is 0 Å². The molecule has 0 saturated carbocycles. The summed E-state index contributed by atoms with van der Waals surface area (Å²) in [5.74, 6) is 0. The van der Waals surface area contributed by atoms with Gasteiger partial charge >= 0.3 is 0 Å². The molecule has 0 amide bonds. The summed E-state index contributed by atoms with van der Waals surface area (Å²) in [7, 11) is 0. The van der Waals surface area contributed by atoms with Crippen molar-refractivity contribution in [3.63, 3.8) is 0 Å². The Hall–Kier alpha value is -0.310. The number of nitrogens with one attached hydrogen (secondary N) is 1. The van der Waals surface area contributed by atoms with Crippen molar-refractivity contribution < 1.29 is 0 Å². The van der Waals surface area contributed by atoms with Crippen LogP contribution in [0.4, 0.5) is 0 Å². The molecule has 0 aromatic rings. The van der Waals surface area contributed by atoms with Crippen LogP contribution >= 0.6 is 12.2 Å². The van der Waals surface area contributed by atoms with Gasteiger partial charge in [0, 0.05) is 6.54 Å². The van der Waals surface area contributed by atoms with Gasteiger partial charge in [-0.1, -0.05) is 0 Å². The first-order valence-corrected chi connectivity index (χ1v) is 3.36. The molecule has 8 heavy (non-hydrogen) atoms. The number of hydrogen-bond acceptors (Lipinski definition) is 1. The molecule has 2 aliphatic rings. The molecule has 2 saturated heterocycles. The third kappa shape index (κ3) is 0.400. The van der Waals surface area contributed by atoms with Gasteiger partial charge in [0.2, 0.25) is 0 Å². The van der Waals surface area contributed by atoms with E-state index in [2.05, 4.69) is 10.2 Å². The average molecular weight is 128 g/mol. The second-order valence-corrected chi connectivity index (χ2v) is 2.69. The molecule has 0 radical (unpaired) electrons. The molecule has 2 rings (SSSR count). The zero-order valence-corrected chi connectivity index (χ0v) is 5.37. The van der Waals surface area contributed by atoms with Crippen molar-refractivity contribution in [2.75, 3.05) is 6.54 Å². The lowest BCUT2D eigenvalue weighted by Crippen LogP contribution is -2.61. The highest BCUT2D eigenvalue weighted by Crippen LogP contribution is 2.21. The van der Waals surface area contributed by atoms with E-state index in [1.165, 1.54) is 19.4 Å². The van der Waals surface area contributed by atoms with Gasteiger partial charge in [-0.15, -0.1) is 0 Å². The van der Waals surface area contributed by atoms with Gasteiger partial charge in [-0.2, -0.15) is 0 Å². The van der Waals surface area contributed by atoms with Gasteiger partial charge in [0.15, 0.2) is 5.11 Å². The van der Waals surface area contributed by atoms with Gasteiger partial charge in [0.25, 0.3) is 0 Å². The maximum absolute atomic E-state index is 4.94. The molecule has 1 atom stereocenters. The van der Waals surface area contributed by atoms with Crippen LogP contribution in [-0.2, 0) is 0 Å². The van der Waals surface area contributed by atoms with E-state index in [4.69, 9.17) is 12.2 Å². The van der Waals surface area contributed by atoms with Crippen molar-refractivity contribution in [1.29, 1.82) is 0 Å². The van der Waals surface area contributed by atoms with E-state index in [1.807, 2.05) is 0 Å². The molecule has 0 spiro atoms. The van der Waals surface area contributed by atoms with Gasteiger partial charge < -0.3 is 10.2 Å². The molecule has 0 aromatic heterocycles. The zero-order chi connectivity index (χ0) is 5.56. The lowest BCUT2D eigenvalue weighted by molar-refractivity contribution is 0.284. The van der Waals surface area contributed by atoms with E-state index in [0.29, 0.717) is 6.17 Å². The Morgan fingerprint density at radius 3 is 3.12 bits per heavy atom. The normalized spacial score (nSPS) is 33.8. The fraction of sp³-hybridized carbons (Fsp3) is 0.800. The largest absolute Gasteiger partial charge is 0.342 e. The van der Waals surface area contributed by atoms with Crippen LogP contribution in [0.2, 0.25) is 0 Å². The Bertz CT molecular complexity index is 134. The van der Waals surface area contributed by atoms with E-state index >= 15 is 0 Å². The summed E-state index contributed by atoms with van der Waals surface area (Å²) in [6.07, 6.45) is 3.19. The Morgan fingerprint density at radius 1 is 1.75 bits per heavy atom. The summed E-state index contributed by atoms with van der Waals surface area (Å²) in [5.41, 5.74) is 0. The SMILES string of the molecule is S=C1NC2CCCN12. The highest BCUT2D eigenvalue weighted by molar-refractivity contribution is 7.80. The molecule has 1 unspecified atom stereocenters. The zero-order valence-electron chi connectivity index (χ0n) is 4.55. The summed E-state index contributed by atoms with van der Waals surface area (Å²) in [6, 6.07) is 0. The standard InChI is InChI=1S/C5H8N2S/c8-5-6-4-2-1-3-7(4)5/h4H,1-3H2,(H,6,8). The van der Waals surface area contributed by atoms with E-state index < -0.39 is 0 Å². The van der Waals surface area contributed by atoms with Gasteiger partial charge in [-0.25, -0.2) is 0 Å². The number of hydrogen-bond donors (Lipinski definition) is 1. The summed E-state index contributed by atoms with van der Waals surface area (Å²) >= 11 is 4.94. The van der Waals surface area contributed by atoms with Gasteiger partial charge in [-0.3, -0.25) is 0 Å². The smallest absolute Gasteiger partial charge is 0.172 e. The van der Waals surface area contributed by atoms with Crippen LogP contribution in [0.3, 0.4) is 0 Å². The summed E-state index contributed by atoms with van der Waals surface area (Å²) < 4.78 is 0. The Morgan fingerprint density at radius 2 is 2.62 bits per heavy atom. The Balaban J connectivity index is 2.11.